The second kappa shape index (κ2) is 5.81. The van der Waals surface area contributed by atoms with Gasteiger partial charge in [0.2, 0.25) is 0 Å². The Labute approximate surface area is 115 Å². The third kappa shape index (κ3) is 3.19. The van der Waals surface area contributed by atoms with Gasteiger partial charge in [-0.05, 0) is 30.4 Å². The fourth-order valence-electron chi connectivity index (χ4n) is 1.47. The van der Waals surface area contributed by atoms with Gasteiger partial charge in [0.05, 0.1) is 6.61 Å². The van der Waals surface area contributed by atoms with Crippen molar-refractivity contribution in [2.45, 2.75) is 4.90 Å². The Hall–Kier alpha value is -2.25. The van der Waals surface area contributed by atoms with Crippen LogP contribution in [0.3, 0.4) is 0 Å². The highest BCUT2D eigenvalue weighted by Gasteiger charge is 2.16. The minimum atomic E-state index is -4.00. The molecule has 1 aromatic carbocycles. The number of carbonyl (C=O) groups excluding carboxylic acids is 1. The van der Waals surface area contributed by atoms with E-state index >= 15 is 0 Å². The number of benzene rings is 1. The van der Waals surface area contributed by atoms with Crippen molar-refractivity contribution >= 4 is 21.6 Å². The molecule has 0 fully saturated rings. The second-order valence-electron chi connectivity index (χ2n) is 3.88. The van der Waals surface area contributed by atoms with E-state index in [0.29, 0.717) is 0 Å². The molecule has 0 radical (unpaired) electrons. The molecule has 0 saturated heterocycles. The van der Waals surface area contributed by atoms with Gasteiger partial charge in [0.1, 0.15) is 10.6 Å². The van der Waals surface area contributed by atoms with Crippen molar-refractivity contribution in [2.75, 3.05) is 6.61 Å². The van der Waals surface area contributed by atoms with Crippen LogP contribution in [0.2, 0.25) is 0 Å². The maximum atomic E-state index is 11.8. The third-order valence-corrected chi connectivity index (χ3v) is 3.61. The molecule has 0 heterocycles. The first-order chi connectivity index (χ1) is 9.53. The quantitative estimate of drug-likeness (QED) is 0.655. The van der Waals surface area contributed by atoms with Gasteiger partial charge in [-0.15, -0.1) is 0 Å². The molecule has 6 nitrogen and oxygen atoms in total. The molecule has 0 atom stereocenters. The van der Waals surface area contributed by atoms with Gasteiger partial charge in [-0.25, -0.2) is 0 Å². The minimum Gasteiger partial charge on any atom is -0.392 e. The van der Waals surface area contributed by atoms with E-state index in [1.54, 1.807) is 18.2 Å². The van der Waals surface area contributed by atoms with Crippen LogP contribution in [0.4, 0.5) is 0 Å². The molecule has 0 amide bonds. The number of hydrogen-bond donors (Lipinski definition) is 1. The van der Waals surface area contributed by atoms with Gasteiger partial charge in [-0.3, -0.25) is 9.08 Å². The molecule has 1 aliphatic carbocycles. The van der Waals surface area contributed by atoms with Crippen LogP contribution in [0, 0.1) is 0 Å². The summed E-state index contributed by atoms with van der Waals surface area (Å²) in [6, 6.07) is 7.56. The molecule has 20 heavy (non-hydrogen) atoms. The zero-order valence-electron chi connectivity index (χ0n) is 10.3. The van der Waals surface area contributed by atoms with Gasteiger partial charge in [0.25, 0.3) is 0 Å². The minimum absolute atomic E-state index is 0.0217. The monoisotopic (exact) mass is 293 g/mol. The third-order valence-electron chi connectivity index (χ3n) is 2.49. The van der Waals surface area contributed by atoms with E-state index in [4.69, 9.17) is 5.11 Å². The Kier molecular flexibility index (Phi) is 4.11. The largest absolute Gasteiger partial charge is 0.392 e. The zero-order chi connectivity index (χ0) is 14.6. The Morgan fingerprint density at radius 3 is 2.50 bits per heavy atom. The van der Waals surface area contributed by atoms with Gasteiger partial charge in [0.15, 0.2) is 5.78 Å². The molecule has 0 aliphatic heterocycles. The zero-order valence-corrected chi connectivity index (χ0v) is 11.1. The number of rotatable bonds is 4. The lowest BCUT2D eigenvalue weighted by atomic mass is 10.0. The van der Waals surface area contributed by atoms with Crippen molar-refractivity contribution in [1.82, 2.24) is 0 Å². The van der Waals surface area contributed by atoms with Crippen LogP contribution < -0.4 is 0 Å². The lowest BCUT2D eigenvalue weighted by Gasteiger charge is -2.06. The van der Waals surface area contributed by atoms with Crippen LogP contribution in [-0.4, -0.2) is 31.6 Å². The lowest BCUT2D eigenvalue weighted by Crippen LogP contribution is -2.12. The van der Waals surface area contributed by atoms with Crippen molar-refractivity contribution in [2.24, 2.45) is 5.16 Å². The highest BCUT2D eigenvalue weighted by Crippen LogP contribution is 2.13. The first kappa shape index (κ1) is 14.2. The topological polar surface area (TPSA) is 93.0 Å². The standard InChI is InChI=1S/C13H11NO5S/c15-9-10-8-11(6-7-13(10)16)14-19-20(17,18)12-4-2-1-3-5-12/h1-8,15H,9H2. The molecule has 104 valence electrons. The average Bonchev–Trinajstić information content (AvgIpc) is 2.47. The van der Waals surface area contributed by atoms with E-state index in [1.807, 2.05) is 0 Å². The second-order valence-corrected chi connectivity index (χ2v) is 5.41. The normalized spacial score (nSPS) is 17.1. The molecular weight excluding hydrogens is 282 g/mol. The summed E-state index contributed by atoms with van der Waals surface area (Å²) < 4.78 is 28.2. The lowest BCUT2D eigenvalue weighted by molar-refractivity contribution is -0.111. The fraction of sp³-hybridized carbons (Fsp3) is 0.0769. The van der Waals surface area contributed by atoms with Gasteiger partial charge in [-0.2, -0.15) is 8.42 Å². The van der Waals surface area contributed by atoms with E-state index in [9.17, 15) is 13.2 Å². The summed E-state index contributed by atoms with van der Waals surface area (Å²) in [5, 5.41) is 12.4. The number of oxime groups is 1. The Bertz CT molecular complexity index is 702. The van der Waals surface area contributed by atoms with Crippen LogP contribution in [0.25, 0.3) is 0 Å². The fourth-order valence-corrected chi connectivity index (χ4v) is 2.23. The van der Waals surface area contributed by atoms with Crippen molar-refractivity contribution in [3.05, 3.63) is 54.1 Å². The van der Waals surface area contributed by atoms with Crippen LogP contribution in [0.15, 0.2) is 64.2 Å². The number of allylic oxidation sites excluding steroid dienone is 3. The van der Waals surface area contributed by atoms with Crippen LogP contribution in [0.1, 0.15) is 0 Å². The van der Waals surface area contributed by atoms with Crippen LogP contribution >= 0.6 is 0 Å². The van der Waals surface area contributed by atoms with Crippen molar-refractivity contribution in [3.8, 4) is 0 Å². The average molecular weight is 293 g/mol. The van der Waals surface area contributed by atoms with E-state index in [2.05, 4.69) is 9.44 Å². The van der Waals surface area contributed by atoms with Crippen molar-refractivity contribution in [3.63, 3.8) is 0 Å². The Morgan fingerprint density at radius 1 is 1.15 bits per heavy atom. The molecule has 0 bridgehead atoms. The van der Waals surface area contributed by atoms with Gasteiger partial charge in [0, 0.05) is 5.57 Å². The molecule has 1 aliphatic rings. The number of ketones is 1. The summed E-state index contributed by atoms with van der Waals surface area (Å²) in [6.07, 6.45) is 3.76. The first-order valence-electron chi connectivity index (χ1n) is 5.63. The molecule has 0 saturated carbocycles. The summed E-state index contributed by atoms with van der Waals surface area (Å²) >= 11 is 0. The summed E-state index contributed by atoms with van der Waals surface area (Å²) in [6.45, 7) is -0.451. The number of nitrogens with zero attached hydrogens (tertiary/aromatic N) is 1. The maximum absolute atomic E-state index is 11.8. The maximum Gasteiger partial charge on any atom is 0.358 e. The highest BCUT2D eigenvalue weighted by molar-refractivity contribution is 7.86. The van der Waals surface area contributed by atoms with E-state index in [-0.39, 0.29) is 22.0 Å². The number of hydrogen-bond acceptors (Lipinski definition) is 6. The predicted octanol–water partition coefficient (Wildman–Crippen LogP) is 0.805. The van der Waals surface area contributed by atoms with E-state index < -0.39 is 16.7 Å². The van der Waals surface area contributed by atoms with Gasteiger partial charge < -0.3 is 5.11 Å². The van der Waals surface area contributed by atoms with Crippen molar-refractivity contribution < 1.29 is 22.6 Å². The van der Waals surface area contributed by atoms with Gasteiger partial charge >= 0.3 is 10.1 Å². The Balaban J connectivity index is 2.20. The number of carbonyl (C=O) groups is 1. The summed E-state index contributed by atoms with van der Waals surface area (Å²) in [7, 11) is -4.00. The molecular formula is C13H11NO5S. The van der Waals surface area contributed by atoms with Crippen LogP contribution in [-0.2, 0) is 19.2 Å². The Morgan fingerprint density at radius 2 is 1.85 bits per heavy atom. The van der Waals surface area contributed by atoms with Crippen molar-refractivity contribution in [1.29, 1.82) is 0 Å². The predicted molar refractivity (Wildman–Crippen MR) is 71.5 cm³/mol. The molecule has 1 N–H and O–H groups in total. The smallest absolute Gasteiger partial charge is 0.358 e. The summed E-state index contributed by atoms with van der Waals surface area (Å²) in [5.74, 6) is -0.350. The van der Waals surface area contributed by atoms with E-state index in [0.717, 1.165) is 0 Å². The molecule has 7 heteroatoms. The number of aliphatic hydroxyl groups excluding tert-OH is 1. The number of aliphatic hydroxyl groups is 1. The molecule has 1 aromatic rings. The molecule has 0 aromatic heterocycles. The van der Waals surface area contributed by atoms with Gasteiger partial charge in [-0.1, -0.05) is 23.4 Å². The van der Waals surface area contributed by atoms with E-state index in [1.165, 1.54) is 30.4 Å². The first-order valence-corrected chi connectivity index (χ1v) is 7.04. The summed E-state index contributed by atoms with van der Waals surface area (Å²) in [4.78, 5) is 11.2. The molecule has 2 rings (SSSR count). The van der Waals surface area contributed by atoms with Crippen LogP contribution in [0.5, 0.6) is 0 Å². The summed E-state index contributed by atoms with van der Waals surface area (Å²) in [5.41, 5.74) is 0.250. The molecule has 0 spiro atoms. The SMILES string of the molecule is O=C1C=CC(=NOS(=O)(=O)c2ccccc2)C=C1CO. The molecule has 0 unspecified atom stereocenters. The highest BCUT2D eigenvalue weighted by atomic mass is 32.2.